The van der Waals surface area contributed by atoms with Crippen molar-refractivity contribution in [3.8, 4) is 0 Å². The Labute approximate surface area is 163 Å². The van der Waals surface area contributed by atoms with Gasteiger partial charge < -0.3 is 20.7 Å². The van der Waals surface area contributed by atoms with Crippen molar-refractivity contribution < 1.29 is 5.11 Å². The van der Waals surface area contributed by atoms with E-state index >= 15 is 0 Å². The second-order valence-electron chi connectivity index (χ2n) is 8.97. The lowest BCUT2D eigenvalue weighted by atomic mass is 9.70. The Hall–Kier alpha value is -1.56. The molecule has 27 heavy (non-hydrogen) atoms. The number of imidazole rings is 1. The first-order chi connectivity index (χ1) is 12.9. The molecule has 0 radical (unpaired) electrons. The van der Waals surface area contributed by atoms with Crippen molar-refractivity contribution in [3.05, 3.63) is 11.5 Å². The number of H-pyrrole nitrogens is 1. The summed E-state index contributed by atoms with van der Waals surface area (Å²) in [6.07, 6.45) is 8.18. The zero-order chi connectivity index (χ0) is 19.5. The number of aliphatic imine (C=N–C) groups is 1. The number of hydrogen-bond acceptors (Lipinski definition) is 5. The Balaban J connectivity index is 1.80. The van der Waals surface area contributed by atoms with E-state index in [-0.39, 0.29) is 5.41 Å². The van der Waals surface area contributed by atoms with Gasteiger partial charge in [-0.15, -0.1) is 0 Å². The highest BCUT2D eigenvalue weighted by Crippen LogP contribution is 2.42. The third-order valence-corrected chi connectivity index (χ3v) is 6.20. The van der Waals surface area contributed by atoms with E-state index < -0.39 is 5.60 Å². The molecule has 0 bridgehead atoms. The molecule has 3 rings (SSSR count). The largest absolute Gasteiger partial charge is 0.390 e. The number of aliphatic hydroxyl groups is 1. The smallest absolute Gasteiger partial charge is 0.155 e. The van der Waals surface area contributed by atoms with Gasteiger partial charge in [-0.1, -0.05) is 33.6 Å². The minimum atomic E-state index is -0.540. The van der Waals surface area contributed by atoms with Gasteiger partial charge in [0.1, 0.15) is 17.4 Å². The van der Waals surface area contributed by atoms with Crippen LogP contribution in [0.25, 0.3) is 0 Å². The molecule has 1 aromatic rings. The fourth-order valence-corrected chi connectivity index (χ4v) is 4.03. The second kappa shape index (κ2) is 8.21. The first-order valence-electron chi connectivity index (χ1n) is 10.7. The van der Waals surface area contributed by atoms with Crippen LogP contribution in [0.15, 0.2) is 4.99 Å². The summed E-state index contributed by atoms with van der Waals surface area (Å²) in [6.45, 7) is 10.3. The Morgan fingerprint density at radius 2 is 1.89 bits per heavy atom. The minimum absolute atomic E-state index is 0.0239. The van der Waals surface area contributed by atoms with E-state index in [1.165, 1.54) is 12.8 Å². The van der Waals surface area contributed by atoms with Gasteiger partial charge in [0.05, 0.1) is 12.1 Å². The Kier molecular flexibility index (Phi) is 6.14. The Bertz CT molecular complexity index is 654. The van der Waals surface area contributed by atoms with E-state index in [9.17, 15) is 5.11 Å². The number of amidine groups is 1. The molecule has 152 valence electrons. The van der Waals surface area contributed by atoms with Gasteiger partial charge in [0.2, 0.25) is 0 Å². The molecular weight excluding hydrogens is 338 g/mol. The molecule has 0 spiro atoms. The van der Waals surface area contributed by atoms with Gasteiger partial charge in [-0.2, -0.15) is 0 Å². The van der Waals surface area contributed by atoms with Crippen molar-refractivity contribution in [3.63, 3.8) is 0 Å². The number of rotatable bonds is 8. The number of hydrogen-bond donors (Lipinski definition) is 4. The van der Waals surface area contributed by atoms with Crippen molar-refractivity contribution in [2.45, 2.75) is 96.1 Å². The van der Waals surface area contributed by atoms with E-state index in [4.69, 9.17) is 9.98 Å². The highest BCUT2D eigenvalue weighted by Gasteiger charge is 2.40. The zero-order valence-corrected chi connectivity index (χ0v) is 17.5. The monoisotopic (exact) mass is 375 g/mol. The quantitative estimate of drug-likeness (QED) is 0.558. The molecule has 2 aliphatic rings. The highest BCUT2D eigenvalue weighted by atomic mass is 16.3. The first kappa shape index (κ1) is 20.2. The number of aromatic nitrogens is 2. The van der Waals surface area contributed by atoms with Crippen LogP contribution < -0.4 is 10.6 Å². The molecule has 1 aliphatic carbocycles. The third kappa shape index (κ3) is 4.65. The maximum Gasteiger partial charge on any atom is 0.155 e. The van der Waals surface area contributed by atoms with E-state index in [0.29, 0.717) is 6.04 Å². The van der Waals surface area contributed by atoms with Crippen molar-refractivity contribution >= 4 is 11.7 Å². The van der Waals surface area contributed by atoms with Gasteiger partial charge in [-0.05, 0) is 45.4 Å². The molecule has 1 atom stereocenters. The predicted octanol–water partition coefficient (Wildman–Crippen LogP) is 3.72. The highest BCUT2D eigenvalue weighted by molar-refractivity contribution is 6.02. The van der Waals surface area contributed by atoms with Crippen molar-refractivity contribution in [2.75, 3.05) is 18.4 Å². The third-order valence-electron chi connectivity index (χ3n) is 6.20. The lowest BCUT2D eigenvalue weighted by Crippen LogP contribution is -2.38. The standard InChI is InChI=1S/C21H37N5O/c1-5-7-8-15-14-23-18(24-15)16-17(22-13-6-2)26-19(25-16)20(3)9-11-21(4,27)12-10-20/h15,22,27H,5-14H2,1-4H3,(H,23,24)(H,25,26)/t15-,20?,21?/m1/s1. The molecule has 0 amide bonds. The SMILES string of the molecule is CCCC[C@@H]1CN=C(c2[nH]c(C3(C)CCC(C)(O)CC3)nc2NCCC)N1. The van der Waals surface area contributed by atoms with Crippen LogP contribution in [0.3, 0.4) is 0 Å². The first-order valence-corrected chi connectivity index (χ1v) is 10.7. The average molecular weight is 376 g/mol. The topological polar surface area (TPSA) is 85.3 Å². The van der Waals surface area contributed by atoms with E-state index in [1.807, 2.05) is 6.92 Å². The summed E-state index contributed by atoms with van der Waals surface area (Å²) < 4.78 is 0. The fourth-order valence-electron chi connectivity index (χ4n) is 4.03. The van der Waals surface area contributed by atoms with Crippen LogP contribution in [0.1, 0.15) is 90.6 Å². The van der Waals surface area contributed by atoms with Crippen LogP contribution >= 0.6 is 0 Å². The molecule has 1 aromatic heterocycles. The summed E-state index contributed by atoms with van der Waals surface area (Å²) in [4.78, 5) is 13.3. The molecule has 0 aromatic carbocycles. The molecule has 2 heterocycles. The van der Waals surface area contributed by atoms with Crippen LogP contribution in [-0.4, -0.2) is 45.6 Å². The minimum Gasteiger partial charge on any atom is -0.390 e. The molecule has 1 saturated carbocycles. The van der Waals surface area contributed by atoms with Gasteiger partial charge in [0, 0.05) is 18.0 Å². The van der Waals surface area contributed by atoms with E-state index in [1.54, 1.807) is 0 Å². The molecule has 1 fully saturated rings. The van der Waals surface area contributed by atoms with E-state index in [2.05, 4.69) is 36.4 Å². The van der Waals surface area contributed by atoms with Crippen LogP contribution in [0, 0.1) is 0 Å². The number of anilines is 1. The van der Waals surface area contributed by atoms with Crippen molar-refractivity contribution in [1.29, 1.82) is 0 Å². The number of aromatic amines is 1. The number of nitrogens with one attached hydrogen (secondary N) is 3. The molecule has 6 nitrogen and oxygen atoms in total. The maximum absolute atomic E-state index is 10.3. The van der Waals surface area contributed by atoms with Gasteiger partial charge in [-0.25, -0.2) is 4.98 Å². The average Bonchev–Trinajstić information content (AvgIpc) is 3.28. The molecule has 0 saturated heterocycles. The van der Waals surface area contributed by atoms with Crippen LogP contribution in [0.5, 0.6) is 0 Å². The second-order valence-corrected chi connectivity index (χ2v) is 8.97. The Morgan fingerprint density at radius 1 is 1.15 bits per heavy atom. The van der Waals surface area contributed by atoms with Gasteiger partial charge in [0.15, 0.2) is 5.82 Å². The van der Waals surface area contributed by atoms with Crippen LogP contribution in [-0.2, 0) is 5.41 Å². The lowest BCUT2D eigenvalue weighted by Gasteiger charge is -2.39. The van der Waals surface area contributed by atoms with E-state index in [0.717, 1.165) is 74.8 Å². The van der Waals surface area contributed by atoms with Gasteiger partial charge in [0.25, 0.3) is 0 Å². The summed E-state index contributed by atoms with van der Waals surface area (Å²) in [5, 5.41) is 17.4. The summed E-state index contributed by atoms with van der Waals surface area (Å²) in [5.41, 5.74) is 0.433. The Morgan fingerprint density at radius 3 is 2.56 bits per heavy atom. The van der Waals surface area contributed by atoms with Crippen molar-refractivity contribution in [1.82, 2.24) is 15.3 Å². The number of nitrogens with zero attached hydrogens (tertiary/aromatic N) is 2. The predicted molar refractivity (Wildman–Crippen MR) is 112 cm³/mol. The molecule has 0 unspecified atom stereocenters. The number of unbranched alkanes of at least 4 members (excludes halogenated alkanes) is 1. The molecular formula is C21H37N5O. The molecule has 4 N–H and O–H groups in total. The fraction of sp³-hybridized carbons (Fsp3) is 0.810. The normalized spacial score (nSPS) is 30.9. The summed E-state index contributed by atoms with van der Waals surface area (Å²) in [6, 6.07) is 0.436. The lowest BCUT2D eigenvalue weighted by molar-refractivity contribution is 0.00179. The van der Waals surface area contributed by atoms with Crippen molar-refractivity contribution in [2.24, 2.45) is 4.99 Å². The zero-order valence-electron chi connectivity index (χ0n) is 17.5. The summed E-state index contributed by atoms with van der Waals surface area (Å²) in [7, 11) is 0. The summed E-state index contributed by atoms with van der Waals surface area (Å²) >= 11 is 0. The summed E-state index contributed by atoms with van der Waals surface area (Å²) in [5.74, 6) is 2.88. The van der Waals surface area contributed by atoms with Crippen LogP contribution in [0.4, 0.5) is 5.82 Å². The maximum atomic E-state index is 10.3. The molecule has 6 heteroatoms. The van der Waals surface area contributed by atoms with Gasteiger partial charge >= 0.3 is 0 Å². The van der Waals surface area contributed by atoms with Crippen LogP contribution in [0.2, 0.25) is 0 Å². The molecule has 1 aliphatic heterocycles. The van der Waals surface area contributed by atoms with Gasteiger partial charge in [-0.3, -0.25) is 4.99 Å².